The topological polar surface area (TPSA) is 154 Å². The van der Waals surface area contributed by atoms with Gasteiger partial charge >= 0.3 is 0 Å². The molecular weight excluding hydrogens is 462 g/mol. The second kappa shape index (κ2) is 8.60. The van der Waals surface area contributed by atoms with Crippen molar-refractivity contribution in [2.24, 2.45) is 23.5 Å². The third kappa shape index (κ3) is 3.58. The number of allylic oxidation sites excluding steroid dienone is 3. The number of Topliss-reactive ketones (excluding diaryl/α,β-unsaturated/α-hetero) is 2. The van der Waals surface area contributed by atoms with E-state index < -0.39 is 46.6 Å². The maximum Gasteiger partial charge on any atom is 0.255 e. The lowest BCUT2D eigenvalue weighted by Gasteiger charge is -2.41. The molecule has 0 aliphatic heterocycles. The van der Waals surface area contributed by atoms with Gasteiger partial charge in [-0.25, -0.2) is 0 Å². The van der Waals surface area contributed by atoms with E-state index in [1.807, 2.05) is 37.2 Å². The minimum atomic E-state index is -1.14. The molecular formula is C27H27N3O6. The number of hydrogen-bond acceptors (Lipinski definition) is 8. The number of nitrogens with zero attached hydrogens (tertiary/aromatic N) is 2. The molecule has 1 heterocycles. The molecule has 3 aliphatic rings. The summed E-state index contributed by atoms with van der Waals surface area (Å²) in [6.07, 6.45) is 2.35. The lowest BCUT2D eigenvalue weighted by atomic mass is 9.62. The van der Waals surface area contributed by atoms with Crippen molar-refractivity contribution in [2.45, 2.75) is 25.8 Å². The van der Waals surface area contributed by atoms with Crippen molar-refractivity contribution in [3.8, 4) is 17.0 Å². The SMILES string of the molecule is CN(C)Cc1cc(-c2ccccn2)c2c(c1O)C(=O)C1=C(O)C3C(=O)C(C(N)=O)=C(O)CC3CC1C2. The van der Waals surface area contributed by atoms with Crippen molar-refractivity contribution < 1.29 is 29.7 Å². The van der Waals surface area contributed by atoms with E-state index in [-0.39, 0.29) is 29.1 Å². The van der Waals surface area contributed by atoms with Gasteiger partial charge in [0.05, 0.1) is 17.2 Å². The van der Waals surface area contributed by atoms with Gasteiger partial charge in [0.2, 0.25) is 0 Å². The third-order valence-corrected chi connectivity index (χ3v) is 7.39. The van der Waals surface area contributed by atoms with Crippen LogP contribution >= 0.6 is 0 Å². The Bertz CT molecular complexity index is 1380. The van der Waals surface area contributed by atoms with Gasteiger partial charge in [0.15, 0.2) is 11.6 Å². The van der Waals surface area contributed by atoms with Crippen molar-refractivity contribution in [3.05, 3.63) is 69.8 Å². The lowest BCUT2D eigenvalue weighted by Crippen LogP contribution is -2.43. The second-order valence-electron chi connectivity index (χ2n) is 10.00. The number of ketones is 2. The summed E-state index contributed by atoms with van der Waals surface area (Å²) in [5.74, 6) is -5.38. The van der Waals surface area contributed by atoms with E-state index in [9.17, 15) is 29.7 Å². The molecule has 9 nitrogen and oxygen atoms in total. The average molecular weight is 490 g/mol. The number of fused-ring (bicyclic) bond motifs is 3. The normalized spacial score (nSPS) is 23.5. The predicted octanol–water partition coefficient (Wildman–Crippen LogP) is 2.59. The maximum absolute atomic E-state index is 13.9. The zero-order valence-corrected chi connectivity index (χ0v) is 20.0. The number of pyridine rings is 1. The summed E-state index contributed by atoms with van der Waals surface area (Å²) in [5, 5.41) is 32.7. The van der Waals surface area contributed by atoms with Gasteiger partial charge < -0.3 is 26.0 Å². The lowest BCUT2D eigenvalue weighted by molar-refractivity contribution is -0.126. The van der Waals surface area contributed by atoms with Gasteiger partial charge in [-0.2, -0.15) is 0 Å². The first-order valence-corrected chi connectivity index (χ1v) is 11.8. The minimum Gasteiger partial charge on any atom is -0.511 e. The van der Waals surface area contributed by atoms with Gasteiger partial charge in [-0.05, 0) is 62.5 Å². The summed E-state index contributed by atoms with van der Waals surface area (Å²) in [4.78, 5) is 45.1. The van der Waals surface area contributed by atoms with Crippen molar-refractivity contribution in [1.82, 2.24) is 9.88 Å². The number of phenols is 1. The number of carbonyl (C=O) groups is 3. The van der Waals surface area contributed by atoms with Crippen LogP contribution in [0.1, 0.15) is 34.3 Å². The Morgan fingerprint density at radius 3 is 2.56 bits per heavy atom. The largest absolute Gasteiger partial charge is 0.511 e. The highest BCUT2D eigenvalue weighted by Crippen LogP contribution is 2.51. The molecule has 0 fully saturated rings. The van der Waals surface area contributed by atoms with Gasteiger partial charge in [-0.1, -0.05) is 6.07 Å². The Morgan fingerprint density at radius 1 is 1.17 bits per heavy atom. The second-order valence-corrected chi connectivity index (χ2v) is 10.00. The molecule has 0 saturated carbocycles. The Kier molecular flexibility index (Phi) is 5.67. The highest BCUT2D eigenvalue weighted by Gasteiger charge is 2.50. The summed E-state index contributed by atoms with van der Waals surface area (Å²) in [6.45, 7) is 0.371. The molecule has 2 aromatic rings. The highest BCUT2D eigenvalue weighted by atomic mass is 16.3. The number of amides is 1. The Labute approximate surface area is 207 Å². The Morgan fingerprint density at radius 2 is 1.92 bits per heavy atom. The van der Waals surface area contributed by atoms with E-state index in [4.69, 9.17) is 5.73 Å². The van der Waals surface area contributed by atoms with Crippen LogP contribution in [0.25, 0.3) is 11.3 Å². The minimum absolute atomic E-state index is 0.00366. The van der Waals surface area contributed by atoms with Gasteiger partial charge in [-0.3, -0.25) is 19.4 Å². The van der Waals surface area contributed by atoms with E-state index in [2.05, 4.69) is 4.98 Å². The highest BCUT2D eigenvalue weighted by molar-refractivity contribution is 6.22. The zero-order valence-electron chi connectivity index (χ0n) is 20.0. The molecule has 3 aliphatic carbocycles. The summed E-state index contributed by atoms with van der Waals surface area (Å²) in [7, 11) is 3.70. The fraction of sp³-hybridized carbons (Fsp3) is 0.333. The molecule has 0 bridgehead atoms. The molecule has 5 rings (SSSR count). The molecule has 3 unspecified atom stereocenters. The van der Waals surface area contributed by atoms with Gasteiger partial charge in [0, 0.05) is 35.9 Å². The van der Waals surface area contributed by atoms with Crippen LogP contribution in [-0.2, 0) is 22.6 Å². The number of rotatable bonds is 4. The van der Waals surface area contributed by atoms with Crippen LogP contribution in [0.4, 0.5) is 0 Å². The van der Waals surface area contributed by atoms with Crippen molar-refractivity contribution in [2.75, 3.05) is 14.1 Å². The monoisotopic (exact) mass is 489 g/mol. The Hall–Kier alpha value is -3.98. The van der Waals surface area contributed by atoms with Crippen LogP contribution in [0.3, 0.4) is 0 Å². The molecule has 0 spiro atoms. The molecule has 9 heteroatoms. The number of hydrogen-bond donors (Lipinski definition) is 4. The van der Waals surface area contributed by atoms with E-state index in [0.717, 1.165) is 5.56 Å². The van der Waals surface area contributed by atoms with E-state index in [1.54, 1.807) is 12.3 Å². The maximum atomic E-state index is 13.9. The average Bonchev–Trinajstić information content (AvgIpc) is 2.80. The summed E-state index contributed by atoms with van der Waals surface area (Å²) in [6, 6.07) is 7.33. The van der Waals surface area contributed by atoms with Crippen LogP contribution in [-0.4, -0.2) is 56.8 Å². The van der Waals surface area contributed by atoms with Crippen molar-refractivity contribution >= 4 is 17.5 Å². The molecule has 0 saturated heterocycles. The standard InChI is InChI=1S/C27H27N3O6/c1-30(2)11-14-9-15(17-5-3-4-6-29-17)16-8-12-7-13-10-18(31)22(27(28)36)26(35)20(13)24(33)19(12)25(34)21(16)23(14)32/h3-6,9,12-13,20,31-33H,7-8,10-11H2,1-2H3,(H2,28,36). The summed E-state index contributed by atoms with van der Waals surface area (Å²) >= 11 is 0. The number of carbonyl (C=O) groups excluding carboxylic acids is 3. The molecule has 3 atom stereocenters. The Balaban J connectivity index is 1.69. The van der Waals surface area contributed by atoms with Crippen LogP contribution in [0.2, 0.25) is 0 Å². The molecule has 1 amide bonds. The number of aromatic hydroxyl groups is 1. The van der Waals surface area contributed by atoms with E-state index in [1.165, 1.54) is 0 Å². The van der Waals surface area contributed by atoms with Gasteiger partial charge in [0.1, 0.15) is 22.8 Å². The first kappa shape index (κ1) is 23.7. The molecule has 0 radical (unpaired) electrons. The van der Waals surface area contributed by atoms with Gasteiger partial charge in [-0.15, -0.1) is 0 Å². The predicted molar refractivity (Wildman–Crippen MR) is 130 cm³/mol. The van der Waals surface area contributed by atoms with Crippen LogP contribution < -0.4 is 5.73 Å². The third-order valence-electron chi connectivity index (χ3n) is 7.39. The molecule has 36 heavy (non-hydrogen) atoms. The summed E-state index contributed by atoms with van der Waals surface area (Å²) in [5.41, 5.74) is 7.51. The first-order chi connectivity index (χ1) is 17.1. The van der Waals surface area contributed by atoms with Gasteiger partial charge in [0.25, 0.3) is 5.91 Å². The first-order valence-electron chi connectivity index (χ1n) is 11.8. The van der Waals surface area contributed by atoms with E-state index in [0.29, 0.717) is 36.2 Å². The zero-order chi connectivity index (χ0) is 25.9. The molecule has 1 aromatic carbocycles. The van der Waals surface area contributed by atoms with Crippen LogP contribution in [0.5, 0.6) is 5.75 Å². The fourth-order valence-electron chi connectivity index (χ4n) is 5.97. The molecule has 5 N–H and O–H groups in total. The molecule has 186 valence electrons. The van der Waals surface area contributed by atoms with Crippen LogP contribution in [0, 0.1) is 17.8 Å². The van der Waals surface area contributed by atoms with Crippen molar-refractivity contribution in [1.29, 1.82) is 0 Å². The quantitative estimate of drug-likeness (QED) is 0.478. The number of nitrogens with two attached hydrogens (primary N) is 1. The van der Waals surface area contributed by atoms with Crippen molar-refractivity contribution in [3.63, 3.8) is 0 Å². The summed E-state index contributed by atoms with van der Waals surface area (Å²) < 4.78 is 0. The molecule has 1 aromatic heterocycles. The smallest absolute Gasteiger partial charge is 0.255 e. The number of benzene rings is 1. The number of aromatic nitrogens is 1. The van der Waals surface area contributed by atoms with E-state index >= 15 is 0 Å². The van der Waals surface area contributed by atoms with Crippen LogP contribution in [0.15, 0.2) is 53.1 Å². The number of primary amides is 1. The number of phenolic OH excluding ortho intramolecular Hbond substituents is 1. The fourth-order valence-corrected chi connectivity index (χ4v) is 5.97. The number of aliphatic hydroxyl groups excluding tert-OH is 2. The number of aliphatic hydroxyl groups is 2.